The zero-order valence-electron chi connectivity index (χ0n) is 4.49. The van der Waals surface area contributed by atoms with Gasteiger partial charge in [0.25, 0.3) is 0 Å². The second-order valence-electron chi connectivity index (χ2n) is 0.957. The maximum absolute atomic E-state index is 3.11. The molecular formula is C4H11AlN+3. The Hall–Kier alpha value is 0.492. The van der Waals surface area contributed by atoms with E-state index < -0.39 is 0 Å². The van der Waals surface area contributed by atoms with Gasteiger partial charge in [0.15, 0.2) is 0 Å². The first-order chi connectivity index (χ1) is 2.41. The quantitative estimate of drug-likeness (QED) is 0.490. The molecule has 0 amide bonds. The van der Waals surface area contributed by atoms with E-state index in [0.717, 1.165) is 13.1 Å². The van der Waals surface area contributed by atoms with Crippen molar-refractivity contribution >= 4 is 17.4 Å². The molecule has 0 aromatic heterocycles. The van der Waals surface area contributed by atoms with Gasteiger partial charge in [0.2, 0.25) is 0 Å². The standard InChI is InChI=1S/C4H11N.Al/c1-3-5-4-2;/h5H,3-4H2,1-2H3;/q;+3. The van der Waals surface area contributed by atoms with Gasteiger partial charge >= 0.3 is 17.4 Å². The Balaban J connectivity index is 0. The van der Waals surface area contributed by atoms with Crippen LogP contribution in [0.25, 0.3) is 0 Å². The first-order valence-electron chi connectivity index (χ1n) is 2.12. The van der Waals surface area contributed by atoms with Crippen LogP contribution in [0.3, 0.4) is 0 Å². The van der Waals surface area contributed by atoms with Crippen molar-refractivity contribution in [2.24, 2.45) is 0 Å². The maximum atomic E-state index is 3.11. The monoisotopic (exact) mass is 100 g/mol. The van der Waals surface area contributed by atoms with E-state index in [1.807, 2.05) is 0 Å². The summed E-state index contributed by atoms with van der Waals surface area (Å²) in [5, 5.41) is 3.11. The first kappa shape index (κ1) is 9.70. The minimum Gasteiger partial charge on any atom is -0.317 e. The number of rotatable bonds is 2. The normalized spacial score (nSPS) is 7.00. The van der Waals surface area contributed by atoms with Crippen LogP contribution in [-0.2, 0) is 0 Å². The fraction of sp³-hybridized carbons (Fsp3) is 1.00. The Bertz CT molecular complexity index is 15.0. The summed E-state index contributed by atoms with van der Waals surface area (Å²) < 4.78 is 0. The third-order valence-corrected chi connectivity index (χ3v) is 0.500. The van der Waals surface area contributed by atoms with Crippen molar-refractivity contribution < 1.29 is 0 Å². The molecule has 0 aliphatic carbocycles. The minimum absolute atomic E-state index is 0. The average molecular weight is 100 g/mol. The SMILES string of the molecule is CCNCC.[Al+3]. The van der Waals surface area contributed by atoms with Crippen LogP contribution < -0.4 is 5.32 Å². The molecule has 0 saturated heterocycles. The van der Waals surface area contributed by atoms with Gasteiger partial charge in [-0.1, -0.05) is 13.8 Å². The summed E-state index contributed by atoms with van der Waals surface area (Å²) >= 11 is 0. The van der Waals surface area contributed by atoms with E-state index in [-0.39, 0.29) is 17.4 Å². The molecule has 0 aliphatic heterocycles. The second-order valence-corrected chi connectivity index (χ2v) is 0.957. The summed E-state index contributed by atoms with van der Waals surface area (Å²) in [4.78, 5) is 0. The topological polar surface area (TPSA) is 12.0 Å². The van der Waals surface area contributed by atoms with Crippen molar-refractivity contribution in [3.63, 3.8) is 0 Å². The van der Waals surface area contributed by atoms with Crippen molar-refractivity contribution in [2.75, 3.05) is 13.1 Å². The molecule has 0 rings (SSSR count). The van der Waals surface area contributed by atoms with Gasteiger partial charge in [-0.2, -0.15) is 0 Å². The Kier molecular flexibility index (Phi) is 14.7. The summed E-state index contributed by atoms with van der Waals surface area (Å²) in [5.74, 6) is 0. The van der Waals surface area contributed by atoms with Crippen molar-refractivity contribution in [2.45, 2.75) is 13.8 Å². The molecule has 0 fully saturated rings. The maximum Gasteiger partial charge on any atom is 3.00 e. The molecule has 0 aliphatic rings. The molecule has 0 radical (unpaired) electrons. The van der Waals surface area contributed by atoms with Gasteiger partial charge in [-0.25, -0.2) is 0 Å². The fourth-order valence-electron chi connectivity index (χ4n) is 0.250. The Morgan fingerprint density at radius 1 is 1.17 bits per heavy atom. The number of nitrogens with one attached hydrogen (secondary N) is 1. The molecule has 0 bridgehead atoms. The molecule has 0 atom stereocenters. The summed E-state index contributed by atoms with van der Waals surface area (Å²) in [6.45, 7) is 6.39. The fourth-order valence-corrected chi connectivity index (χ4v) is 0.250. The van der Waals surface area contributed by atoms with E-state index in [2.05, 4.69) is 19.2 Å². The molecule has 0 aromatic carbocycles. The van der Waals surface area contributed by atoms with Crippen LogP contribution in [0.5, 0.6) is 0 Å². The van der Waals surface area contributed by atoms with Gasteiger partial charge in [0, 0.05) is 0 Å². The molecule has 6 heavy (non-hydrogen) atoms. The summed E-state index contributed by atoms with van der Waals surface area (Å²) in [6, 6.07) is 0. The van der Waals surface area contributed by atoms with Crippen molar-refractivity contribution in [3.8, 4) is 0 Å². The van der Waals surface area contributed by atoms with E-state index in [1.165, 1.54) is 0 Å². The summed E-state index contributed by atoms with van der Waals surface area (Å²) in [5.41, 5.74) is 0. The predicted octanol–water partition coefficient (Wildman–Crippen LogP) is 0.235. The molecule has 0 aromatic rings. The Labute approximate surface area is 50.3 Å². The van der Waals surface area contributed by atoms with E-state index in [9.17, 15) is 0 Å². The zero-order valence-corrected chi connectivity index (χ0v) is 5.65. The Morgan fingerprint density at radius 2 is 1.50 bits per heavy atom. The van der Waals surface area contributed by atoms with Crippen LogP contribution in [0.15, 0.2) is 0 Å². The summed E-state index contributed by atoms with van der Waals surface area (Å²) in [6.07, 6.45) is 0. The third-order valence-electron chi connectivity index (χ3n) is 0.500. The molecule has 32 valence electrons. The molecule has 1 nitrogen and oxygen atoms in total. The third kappa shape index (κ3) is 8.82. The minimum atomic E-state index is 0. The van der Waals surface area contributed by atoms with Gasteiger partial charge < -0.3 is 5.32 Å². The molecule has 0 heterocycles. The van der Waals surface area contributed by atoms with Crippen molar-refractivity contribution in [1.82, 2.24) is 5.32 Å². The van der Waals surface area contributed by atoms with Crippen molar-refractivity contribution in [3.05, 3.63) is 0 Å². The van der Waals surface area contributed by atoms with Crippen LogP contribution in [-0.4, -0.2) is 30.5 Å². The molecular weight excluding hydrogens is 89.0 g/mol. The average Bonchev–Trinajstić information content (AvgIpc) is 1.41. The van der Waals surface area contributed by atoms with Crippen LogP contribution >= 0.6 is 0 Å². The number of hydrogen-bond donors (Lipinski definition) is 1. The molecule has 2 heteroatoms. The molecule has 0 spiro atoms. The van der Waals surface area contributed by atoms with Gasteiger partial charge in [0.05, 0.1) is 0 Å². The van der Waals surface area contributed by atoms with Crippen LogP contribution in [0, 0.1) is 0 Å². The van der Waals surface area contributed by atoms with Gasteiger partial charge in [-0.05, 0) is 13.1 Å². The van der Waals surface area contributed by atoms with E-state index in [1.54, 1.807) is 0 Å². The smallest absolute Gasteiger partial charge is 0.317 e. The van der Waals surface area contributed by atoms with Gasteiger partial charge in [-0.15, -0.1) is 0 Å². The molecule has 0 unspecified atom stereocenters. The molecule has 0 saturated carbocycles. The van der Waals surface area contributed by atoms with Crippen LogP contribution in [0.2, 0.25) is 0 Å². The second kappa shape index (κ2) is 9.09. The largest absolute Gasteiger partial charge is 3.00 e. The van der Waals surface area contributed by atoms with Crippen molar-refractivity contribution in [1.29, 1.82) is 0 Å². The zero-order chi connectivity index (χ0) is 4.12. The van der Waals surface area contributed by atoms with E-state index >= 15 is 0 Å². The van der Waals surface area contributed by atoms with Crippen LogP contribution in [0.4, 0.5) is 0 Å². The van der Waals surface area contributed by atoms with Gasteiger partial charge in [-0.3, -0.25) is 0 Å². The predicted molar refractivity (Wildman–Crippen MR) is 30.0 cm³/mol. The summed E-state index contributed by atoms with van der Waals surface area (Å²) in [7, 11) is 0. The van der Waals surface area contributed by atoms with Gasteiger partial charge in [0.1, 0.15) is 0 Å². The number of hydrogen-bond acceptors (Lipinski definition) is 1. The first-order valence-corrected chi connectivity index (χ1v) is 2.12. The van der Waals surface area contributed by atoms with Crippen LogP contribution in [0.1, 0.15) is 13.8 Å². The van der Waals surface area contributed by atoms with E-state index in [0.29, 0.717) is 0 Å². The van der Waals surface area contributed by atoms with E-state index in [4.69, 9.17) is 0 Å². The Morgan fingerprint density at radius 3 is 1.50 bits per heavy atom. The molecule has 1 N–H and O–H groups in total.